The van der Waals surface area contributed by atoms with Gasteiger partial charge in [0.15, 0.2) is 0 Å². The number of hydrogen-bond donors (Lipinski definition) is 2. The molecule has 0 heterocycles. The van der Waals surface area contributed by atoms with Gasteiger partial charge in [0.2, 0.25) is 0 Å². The lowest BCUT2D eigenvalue weighted by atomic mass is 10.2. The highest BCUT2D eigenvalue weighted by Crippen LogP contribution is 2.37. The van der Waals surface area contributed by atoms with Crippen LogP contribution in [0, 0.1) is 0 Å². The van der Waals surface area contributed by atoms with Crippen molar-refractivity contribution in [2.75, 3.05) is 17.3 Å². The Morgan fingerprint density at radius 1 is 1.11 bits per heavy atom. The predicted octanol–water partition coefficient (Wildman–Crippen LogP) is 5.04. The highest BCUT2D eigenvalue weighted by atomic mass is 35.5. The third-order valence-corrected chi connectivity index (χ3v) is 3.82. The lowest BCUT2D eigenvalue weighted by molar-refractivity contribution is 1.42. The summed E-state index contributed by atoms with van der Waals surface area (Å²) in [5, 5.41) is 4.27. The van der Waals surface area contributed by atoms with E-state index in [1.54, 1.807) is 23.9 Å². The second-order valence-corrected chi connectivity index (χ2v) is 5.35. The average Bonchev–Trinajstić information content (AvgIpc) is 2.34. The number of halogens is 2. The number of nitrogens with two attached hydrogens (primary N) is 1. The molecule has 0 atom stereocenters. The Labute approximate surface area is 120 Å². The van der Waals surface area contributed by atoms with Crippen LogP contribution in [0.4, 0.5) is 17.1 Å². The van der Waals surface area contributed by atoms with E-state index in [1.165, 1.54) is 0 Å². The summed E-state index contributed by atoms with van der Waals surface area (Å²) in [5.41, 5.74) is 7.87. The molecule has 0 aromatic heterocycles. The number of anilines is 3. The summed E-state index contributed by atoms with van der Waals surface area (Å²) in [6.07, 6.45) is 2.02. The second-order valence-electron chi connectivity index (χ2n) is 3.68. The van der Waals surface area contributed by atoms with Crippen molar-refractivity contribution in [1.29, 1.82) is 0 Å². The third-order valence-electron chi connectivity index (χ3n) is 2.43. The van der Waals surface area contributed by atoms with E-state index in [-0.39, 0.29) is 0 Å². The minimum Gasteiger partial charge on any atom is -0.399 e. The summed E-state index contributed by atoms with van der Waals surface area (Å²) in [5.74, 6) is 0. The molecule has 0 amide bonds. The van der Waals surface area contributed by atoms with Crippen molar-refractivity contribution in [3.63, 3.8) is 0 Å². The van der Waals surface area contributed by atoms with Crippen molar-refractivity contribution in [3.8, 4) is 0 Å². The van der Waals surface area contributed by atoms with Gasteiger partial charge in [0.1, 0.15) is 0 Å². The number of benzene rings is 2. The first-order valence-corrected chi connectivity index (χ1v) is 7.24. The molecule has 0 saturated carbocycles. The summed E-state index contributed by atoms with van der Waals surface area (Å²) in [4.78, 5) is 1.13. The van der Waals surface area contributed by atoms with Gasteiger partial charge >= 0.3 is 0 Å². The minimum atomic E-state index is 0.510. The third kappa shape index (κ3) is 2.86. The van der Waals surface area contributed by atoms with E-state index in [0.717, 1.165) is 10.6 Å². The van der Waals surface area contributed by atoms with Crippen molar-refractivity contribution in [2.24, 2.45) is 0 Å². The molecule has 0 aliphatic rings. The lowest BCUT2D eigenvalue weighted by Crippen LogP contribution is -1.95. The van der Waals surface area contributed by atoms with Gasteiger partial charge in [0.05, 0.1) is 21.4 Å². The highest BCUT2D eigenvalue weighted by Gasteiger charge is 2.09. The summed E-state index contributed by atoms with van der Waals surface area (Å²) in [6, 6.07) is 11.3. The molecule has 3 N–H and O–H groups in total. The van der Waals surface area contributed by atoms with E-state index in [2.05, 4.69) is 5.32 Å². The van der Waals surface area contributed by atoms with Crippen molar-refractivity contribution in [1.82, 2.24) is 0 Å². The molecule has 0 radical (unpaired) electrons. The highest BCUT2D eigenvalue weighted by molar-refractivity contribution is 7.98. The summed E-state index contributed by atoms with van der Waals surface area (Å²) >= 11 is 13.9. The monoisotopic (exact) mass is 298 g/mol. The maximum Gasteiger partial charge on any atom is 0.0764 e. The van der Waals surface area contributed by atoms with E-state index in [4.69, 9.17) is 28.9 Å². The van der Waals surface area contributed by atoms with Crippen LogP contribution in [0.1, 0.15) is 0 Å². The summed E-state index contributed by atoms with van der Waals surface area (Å²) in [7, 11) is 0. The lowest BCUT2D eigenvalue weighted by Gasteiger charge is -2.13. The van der Waals surface area contributed by atoms with Gasteiger partial charge in [-0.3, -0.25) is 0 Å². The van der Waals surface area contributed by atoms with Crippen LogP contribution in [0.5, 0.6) is 0 Å². The maximum atomic E-state index is 6.15. The number of nitrogen functional groups attached to an aromatic ring is 1. The maximum absolute atomic E-state index is 6.15. The molecule has 0 fully saturated rings. The first-order valence-electron chi connectivity index (χ1n) is 5.26. The van der Waals surface area contributed by atoms with Crippen LogP contribution in [-0.4, -0.2) is 6.26 Å². The fraction of sp³-hybridized carbons (Fsp3) is 0.0769. The van der Waals surface area contributed by atoms with Gasteiger partial charge in [0, 0.05) is 10.6 Å². The Kier molecular flexibility index (Phi) is 4.27. The van der Waals surface area contributed by atoms with Crippen LogP contribution in [0.3, 0.4) is 0 Å². The molecule has 0 aliphatic heterocycles. The molecule has 0 bridgehead atoms. The molecule has 0 saturated heterocycles. The minimum absolute atomic E-state index is 0.510. The van der Waals surface area contributed by atoms with E-state index in [1.807, 2.05) is 30.5 Å². The van der Waals surface area contributed by atoms with Gasteiger partial charge in [-0.05, 0) is 30.5 Å². The Hall–Kier alpha value is -1.03. The molecule has 2 nitrogen and oxygen atoms in total. The standard InChI is InChI=1S/C13H12Cl2N2S/c1-18-12-5-3-2-4-11(12)17-13-9(14)6-8(16)7-10(13)15/h2-7,17H,16H2,1H3. The van der Waals surface area contributed by atoms with E-state index < -0.39 is 0 Å². The van der Waals surface area contributed by atoms with Gasteiger partial charge in [-0.2, -0.15) is 0 Å². The molecular weight excluding hydrogens is 287 g/mol. The molecule has 2 aromatic carbocycles. The van der Waals surface area contributed by atoms with Crippen LogP contribution >= 0.6 is 35.0 Å². The normalized spacial score (nSPS) is 10.4. The van der Waals surface area contributed by atoms with Crippen LogP contribution in [0.25, 0.3) is 0 Å². The first-order chi connectivity index (χ1) is 8.61. The Morgan fingerprint density at radius 3 is 2.33 bits per heavy atom. The van der Waals surface area contributed by atoms with E-state index in [9.17, 15) is 0 Å². The van der Waals surface area contributed by atoms with Crippen LogP contribution in [0.2, 0.25) is 10.0 Å². The number of hydrogen-bond acceptors (Lipinski definition) is 3. The van der Waals surface area contributed by atoms with Crippen molar-refractivity contribution < 1.29 is 0 Å². The number of nitrogens with one attached hydrogen (secondary N) is 1. The average molecular weight is 299 g/mol. The molecule has 0 unspecified atom stereocenters. The molecule has 2 rings (SSSR count). The SMILES string of the molecule is CSc1ccccc1Nc1c(Cl)cc(N)cc1Cl. The van der Waals surface area contributed by atoms with E-state index >= 15 is 0 Å². The Balaban J connectivity index is 2.40. The molecule has 0 aliphatic carbocycles. The fourth-order valence-electron chi connectivity index (χ4n) is 1.59. The molecule has 18 heavy (non-hydrogen) atoms. The number of thioether (sulfide) groups is 1. The summed E-state index contributed by atoms with van der Waals surface area (Å²) in [6.45, 7) is 0. The topological polar surface area (TPSA) is 38.0 Å². The smallest absolute Gasteiger partial charge is 0.0764 e. The van der Waals surface area contributed by atoms with Crippen molar-refractivity contribution in [2.45, 2.75) is 4.90 Å². The zero-order valence-corrected chi connectivity index (χ0v) is 12.0. The Morgan fingerprint density at radius 2 is 1.72 bits per heavy atom. The largest absolute Gasteiger partial charge is 0.399 e. The van der Waals surface area contributed by atoms with Gasteiger partial charge in [-0.15, -0.1) is 11.8 Å². The quantitative estimate of drug-likeness (QED) is 0.616. The van der Waals surface area contributed by atoms with Gasteiger partial charge < -0.3 is 11.1 Å². The van der Waals surface area contributed by atoms with Crippen LogP contribution in [-0.2, 0) is 0 Å². The first kappa shape index (κ1) is 13.4. The molecule has 0 spiro atoms. The van der Waals surface area contributed by atoms with Crippen LogP contribution < -0.4 is 11.1 Å². The molecule has 94 valence electrons. The molecule has 2 aromatic rings. The second kappa shape index (κ2) is 5.74. The Bertz CT molecular complexity index is 550. The van der Waals surface area contributed by atoms with E-state index in [0.29, 0.717) is 21.4 Å². The van der Waals surface area contributed by atoms with Crippen LogP contribution in [0.15, 0.2) is 41.3 Å². The van der Waals surface area contributed by atoms with Gasteiger partial charge in [-0.25, -0.2) is 0 Å². The number of para-hydroxylation sites is 1. The molecule has 5 heteroatoms. The molecular formula is C13H12Cl2N2S. The van der Waals surface area contributed by atoms with Crippen molar-refractivity contribution in [3.05, 3.63) is 46.4 Å². The predicted molar refractivity (Wildman–Crippen MR) is 82.4 cm³/mol. The van der Waals surface area contributed by atoms with Gasteiger partial charge in [0.25, 0.3) is 0 Å². The number of rotatable bonds is 3. The van der Waals surface area contributed by atoms with Crippen molar-refractivity contribution >= 4 is 52.0 Å². The summed E-state index contributed by atoms with van der Waals surface area (Å²) < 4.78 is 0. The zero-order valence-electron chi connectivity index (χ0n) is 9.71. The fourth-order valence-corrected chi connectivity index (χ4v) is 2.75. The van der Waals surface area contributed by atoms with Gasteiger partial charge in [-0.1, -0.05) is 35.3 Å². The zero-order chi connectivity index (χ0) is 13.1.